The van der Waals surface area contributed by atoms with E-state index in [1.807, 2.05) is 45.0 Å². The zero-order valence-electron chi connectivity index (χ0n) is 17.2. The molecule has 29 heavy (non-hydrogen) atoms. The van der Waals surface area contributed by atoms with Gasteiger partial charge in [-0.2, -0.15) is 0 Å². The lowest BCUT2D eigenvalue weighted by Crippen LogP contribution is -2.27. The summed E-state index contributed by atoms with van der Waals surface area (Å²) < 4.78 is 10.6. The van der Waals surface area contributed by atoms with Crippen molar-refractivity contribution in [3.8, 4) is 5.75 Å². The van der Waals surface area contributed by atoms with Gasteiger partial charge in [0.1, 0.15) is 5.75 Å². The number of rotatable bonds is 6. The fraction of sp³-hybridized carbons (Fsp3) is 0.348. The monoisotopic (exact) mass is 395 g/mol. The van der Waals surface area contributed by atoms with Gasteiger partial charge in [-0.05, 0) is 44.0 Å². The minimum absolute atomic E-state index is 0.0493. The molecule has 2 aromatic carbocycles. The van der Waals surface area contributed by atoms with Crippen molar-refractivity contribution >= 4 is 23.3 Å². The average Bonchev–Trinajstić information content (AvgIpc) is 3.07. The van der Waals surface area contributed by atoms with Crippen molar-refractivity contribution in [2.45, 2.75) is 27.2 Å². The normalized spacial score (nSPS) is 16.1. The number of anilines is 1. The van der Waals surface area contributed by atoms with Gasteiger partial charge >= 0.3 is 5.97 Å². The molecule has 0 aliphatic carbocycles. The summed E-state index contributed by atoms with van der Waals surface area (Å²) in [6.07, 6.45) is 0.0493. The number of amides is 1. The summed E-state index contributed by atoms with van der Waals surface area (Å²) in [5.74, 6) is -0.998. The Hall–Kier alpha value is -3.15. The molecular weight excluding hydrogens is 370 g/mol. The highest BCUT2D eigenvalue weighted by Gasteiger charge is 2.37. The molecule has 0 bridgehead atoms. The molecule has 1 aliphatic rings. The van der Waals surface area contributed by atoms with E-state index < -0.39 is 11.9 Å². The van der Waals surface area contributed by atoms with Crippen LogP contribution in [0.4, 0.5) is 5.69 Å². The van der Waals surface area contributed by atoms with Crippen LogP contribution in [0.5, 0.6) is 5.75 Å². The first kappa shape index (κ1) is 20.6. The van der Waals surface area contributed by atoms with Crippen LogP contribution < -0.4 is 9.64 Å². The molecule has 1 heterocycles. The second-order valence-corrected chi connectivity index (χ2v) is 7.43. The van der Waals surface area contributed by atoms with E-state index in [1.165, 1.54) is 0 Å². The van der Waals surface area contributed by atoms with E-state index in [9.17, 15) is 14.4 Å². The van der Waals surface area contributed by atoms with Gasteiger partial charge < -0.3 is 14.4 Å². The topological polar surface area (TPSA) is 72.9 Å². The highest BCUT2D eigenvalue weighted by atomic mass is 16.5. The van der Waals surface area contributed by atoms with E-state index in [0.717, 1.165) is 16.7 Å². The van der Waals surface area contributed by atoms with Gasteiger partial charge in [0, 0.05) is 18.5 Å². The molecule has 3 rings (SSSR count). The number of nitrogens with zero attached hydrogens (tertiary/aromatic N) is 1. The van der Waals surface area contributed by atoms with Crippen LogP contribution in [-0.4, -0.2) is 37.9 Å². The third-order valence-corrected chi connectivity index (χ3v) is 5.11. The molecule has 0 spiro atoms. The summed E-state index contributed by atoms with van der Waals surface area (Å²) in [6, 6.07) is 11.1. The van der Waals surface area contributed by atoms with Crippen LogP contribution in [0.1, 0.15) is 33.5 Å². The van der Waals surface area contributed by atoms with Gasteiger partial charge in [-0.3, -0.25) is 14.4 Å². The van der Waals surface area contributed by atoms with E-state index in [2.05, 4.69) is 0 Å². The molecule has 0 N–H and O–H groups in total. The van der Waals surface area contributed by atoms with E-state index in [1.54, 1.807) is 24.1 Å². The zero-order chi connectivity index (χ0) is 21.1. The molecule has 0 radical (unpaired) electrons. The largest absolute Gasteiger partial charge is 0.495 e. The number of carbonyl (C=O) groups is 3. The Balaban J connectivity index is 1.65. The van der Waals surface area contributed by atoms with Crippen LogP contribution in [0.25, 0.3) is 0 Å². The predicted molar refractivity (Wildman–Crippen MR) is 109 cm³/mol. The first-order chi connectivity index (χ1) is 13.8. The molecule has 6 heteroatoms. The van der Waals surface area contributed by atoms with E-state index in [0.29, 0.717) is 17.0 Å². The minimum Gasteiger partial charge on any atom is -0.495 e. The molecular formula is C23H25NO5. The second-order valence-electron chi connectivity index (χ2n) is 7.43. The number of hydrogen-bond donors (Lipinski definition) is 0. The van der Waals surface area contributed by atoms with E-state index >= 15 is 0 Å². The first-order valence-corrected chi connectivity index (χ1v) is 9.52. The van der Waals surface area contributed by atoms with Crippen molar-refractivity contribution in [3.63, 3.8) is 0 Å². The van der Waals surface area contributed by atoms with Crippen LogP contribution >= 0.6 is 0 Å². The fourth-order valence-corrected chi connectivity index (χ4v) is 3.57. The molecule has 6 nitrogen and oxygen atoms in total. The standard InChI is InChI=1S/C23H25NO5/c1-14-5-7-18(16(3)9-14)20(25)13-29-23(27)17-11-22(26)24(12-17)19-10-15(2)6-8-21(19)28-4/h5-10,17H,11-13H2,1-4H3/t17-/m0/s1. The Labute approximate surface area is 170 Å². The molecule has 1 amide bonds. The molecule has 1 atom stereocenters. The van der Waals surface area contributed by atoms with Gasteiger partial charge in [0.05, 0.1) is 18.7 Å². The quantitative estimate of drug-likeness (QED) is 0.554. The smallest absolute Gasteiger partial charge is 0.311 e. The number of esters is 1. The summed E-state index contributed by atoms with van der Waals surface area (Å²) in [5.41, 5.74) is 4.07. The predicted octanol–water partition coefficient (Wildman–Crippen LogP) is 3.40. The van der Waals surface area contributed by atoms with Crippen LogP contribution in [-0.2, 0) is 14.3 Å². The third kappa shape index (κ3) is 4.47. The van der Waals surface area contributed by atoms with Crippen molar-refractivity contribution in [2.75, 3.05) is 25.2 Å². The third-order valence-electron chi connectivity index (χ3n) is 5.11. The molecule has 2 aromatic rings. The molecule has 1 fully saturated rings. The van der Waals surface area contributed by atoms with Gasteiger partial charge in [0.15, 0.2) is 6.61 Å². The lowest BCUT2D eigenvalue weighted by Gasteiger charge is -2.20. The average molecular weight is 395 g/mol. The summed E-state index contributed by atoms with van der Waals surface area (Å²) in [4.78, 5) is 38.9. The number of hydrogen-bond acceptors (Lipinski definition) is 5. The van der Waals surface area contributed by atoms with Gasteiger partial charge in [-0.1, -0.05) is 29.8 Å². The Morgan fingerprint density at radius 1 is 1.07 bits per heavy atom. The van der Waals surface area contributed by atoms with Crippen molar-refractivity contribution in [2.24, 2.45) is 5.92 Å². The Kier molecular flexibility index (Phi) is 6.01. The highest BCUT2D eigenvalue weighted by Crippen LogP contribution is 2.34. The molecule has 1 saturated heterocycles. The molecule has 0 unspecified atom stereocenters. The summed E-state index contributed by atoms with van der Waals surface area (Å²) >= 11 is 0. The van der Waals surface area contributed by atoms with E-state index in [4.69, 9.17) is 9.47 Å². The summed E-state index contributed by atoms with van der Waals surface area (Å²) in [6.45, 7) is 5.60. The van der Waals surface area contributed by atoms with Crippen molar-refractivity contribution in [3.05, 3.63) is 58.7 Å². The molecule has 1 aliphatic heterocycles. The SMILES string of the molecule is COc1ccc(C)cc1N1C[C@@H](C(=O)OCC(=O)c2ccc(C)cc2C)CC1=O. The molecule has 152 valence electrons. The maximum Gasteiger partial charge on any atom is 0.311 e. The number of Topliss-reactive ketones (excluding diaryl/α,β-unsaturated/α-hetero) is 1. The van der Waals surface area contributed by atoms with E-state index in [-0.39, 0.29) is 31.3 Å². The Bertz CT molecular complexity index is 966. The van der Waals surface area contributed by atoms with Crippen molar-refractivity contribution < 1.29 is 23.9 Å². The number of aryl methyl sites for hydroxylation is 3. The number of carbonyl (C=O) groups excluding carboxylic acids is 3. The van der Waals surface area contributed by atoms with Crippen LogP contribution in [0, 0.1) is 26.7 Å². The summed E-state index contributed by atoms with van der Waals surface area (Å²) in [5, 5.41) is 0. The number of benzene rings is 2. The minimum atomic E-state index is -0.611. The van der Waals surface area contributed by atoms with Crippen molar-refractivity contribution in [1.29, 1.82) is 0 Å². The van der Waals surface area contributed by atoms with Crippen LogP contribution in [0.2, 0.25) is 0 Å². The van der Waals surface area contributed by atoms with Gasteiger partial charge in [-0.25, -0.2) is 0 Å². The van der Waals surface area contributed by atoms with Crippen LogP contribution in [0.3, 0.4) is 0 Å². The van der Waals surface area contributed by atoms with Gasteiger partial charge in [-0.15, -0.1) is 0 Å². The van der Waals surface area contributed by atoms with Gasteiger partial charge in [0.25, 0.3) is 0 Å². The molecule has 0 saturated carbocycles. The highest BCUT2D eigenvalue weighted by molar-refractivity contribution is 6.02. The maximum atomic E-state index is 12.5. The van der Waals surface area contributed by atoms with Crippen molar-refractivity contribution in [1.82, 2.24) is 0 Å². The molecule has 0 aromatic heterocycles. The fourth-order valence-electron chi connectivity index (χ4n) is 3.57. The van der Waals surface area contributed by atoms with Crippen LogP contribution in [0.15, 0.2) is 36.4 Å². The lowest BCUT2D eigenvalue weighted by atomic mass is 10.0. The lowest BCUT2D eigenvalue weighted by molar-refractivity contribution is -0.147. The number of ketones is 1. The Morgan fingerprint density at radius 3 is 2.45 bits per heavy atom. The summed E-state index contributed by atoms with van der Waals surface area (Å²) in [7, 11) is 1.54. The maximum absolute atomic E-state index is 12.5. The number of ether oxygens (including phenoxy) is 2. The Morgan fingerprint density at radius 2 is 1.76 bits per heavy atom. The second kappa shape index (κ2) is 8.47. The van der Waals surface area contributed by atoms with Gasteiger partial charge in [0.2, 0.25) is 11.7 Å². The zero-order valence-corrected chi connectivity index (χ0v) is 17.2. The number of methoxy groups -OCH3 is 1. The first-order valence-electron chi connectivity index (χ1n) is 9.52.